The molecule has 2 rings (SSSR count). The number of nitrogens with one attached hydrogen (secondary N) is 2. The van der Waals surface area contributed by atoms with E-state index in [-0.39, 0.29) is 18.2 Å². The predicted molar refractivity (Wildman–Crippen MR) is 88.3 cm³/mol. The lowest BCUT2D eigenvalue weighted by molar-refractivity contribution is -0.126. The van der Waals surface area contributed by atoms with Crippen molar-refractivity contribution in [3.05, 3.63) is 34.3 Å². The van der Waals surface area contributed by atoms with E-state index in [1.807, 2.05) is 17.1 Å². The summed E-state index contributed by atoms with van der Waals surface area (Å²) in [6.45, 7) is 3.87. The molecule has 1 heterocycles. The van der Waals surface area contributed by atoms with Crippen molar-refractivity contribution in [3.8, 4) is 0 Å². The number of piperazine rings is 1. The van der Waals surface area contributed by atoms with Gasteiger partial charge in [0.15, 0.2) is 0 Å². The standard InChI is InChI=1S/C15H21BrN4O2/c1-19-8-10-20(11-9-19)18-14(21)6-7-17-15(22)12-2-4-13(16)5-3-12/h2-5H,6-11H2,1H3,(H,17,22)(H,18,21). The lowest BCUT2D eigenvalue weighted by atomic mass is 10.2. The van der Waals surface area contributed by atoms with E-state index >= 15 is 0 Å². The number of hydrazine groups is 1. The maximum absolute atomic E-state index is 11.9. The Bertz CT molecular complexity index is 513. The first-order valence-corrected chi connectivity index (χ1v) is 8.10. The second-order valence-corrected chi connectivity index (χ2v) is 6.25. The van der Waals surface area contributed by atoms with Crippen LogP contribution in [-0.2, 0) is 4.79 Å². The van der Waals surface area contributed by atoms with Gasteiger partial charge in [-0.05, 0) is 31.3 Å². The summed E-state index contributed by atoms with van der Waals surface area (Å²) < 4.78 is 0.926. The highest BCUT2D eigenvalue weighted by atomic mass is 79.9. The number of rotatable bonds is 5. The number of hydrogen-bond donors (Lipinski definition) is 2. The number of carbonyl (C=O) groups is 2. The summed E-state index contributed by atoms with van der Waals surface area (Å²) in [7, 11) is 2.07. The van der Waals surface area contributed by atoms with Crippen molar-refractivity contribution in [2.45, 2.75) is 6.42 Å². The van der Waals surface area contributed by atoms with Gasteiger partial charge in [0, 0.05) is 49.2 Å². The Balaban J connectivity index is 1.66. The van der Waals surface area contributed by atoms with Crippen molar-refractivity contribution in [3.63, 3.8) is 0 Å². The third-order valence-corrected chi connectivity index (χ3v) is 4.06. The molecule has 120 valence electrons. The normalized spacial score (nSPS) is 16.3. The molecule has 7 heteroatoms. The van der Waals surface area contributed by atoms with Gasteiger partial charge >= 0.3 is 0 Å². The second-order valence-electron chi connectivity index (χ2n) is 5.34. The number of amides is 2. The quantitative estimate of drug-likeness (QED) is 0.808. The van der Waals surface area contributed by atoms with Gasteiger partial charge in [-0.25, -0.2) is 5.01 Å². The molecule has 0 unspecified atom stereocenters. The van der Waals surface area contributed by atoms with Crippen LogP contribution in [0.4, 0.5) is 0 Å². The van der Waals surface area contributed by atoms with Crippen molar-refractivity contribution in [2.24, 2.45) is 0 Å². The van der Waals surface area contributed by atoms with Gasteiger partial charge in [0.05, 0.1) is 0 Å². The maximum Gasteiger partial charge on any atom is 0.251 e. The van der Waals surface area contributed by atoms with Gasteiger partial charge in [-0.1, -0.05) is 15.9 Å². The van der Waals surface area contributed by atoms with Gasteiger partial charge in [-0.15, -0.1) is 0 Å². The number of carbonyl (C=O) groups excluding carboxylic acids is 2. The highest BCUT2D eigenvalue weighted by molar-refractivity contribution is 9.10. The first-order valence-electron chi connectivity index (χ1n) is 7.31. The van der Waals surface area contributed by atoms with Crippen LogP contribution in [0.25, 0.3) is 0 Å². The van der Waals surface area contributed by atoms with Crippen LogP contribution in [0.15, 0.2) is 28.7 Å². The van der Waals surface area contributed by atoms with Gasteiger partial charge in [-0.2, -0.15) is 0 Å². The van der Waals surface area contributed by atoms with E-state index in [0.29, 0.717) is 12.1 Å². The van der Waals surface area contributed by atoms with Crippen LogP contribution in [0.5, 0.6) is 0 Å². The summed E-state index contributed by atoms with van der Waals surface area (Å²) in [6.07, 6.45) is 0.272. The average molecular weight is 369 g/mol. The van der Waals surface area contributed by atoms with Crippen LogP contribution in [-0.4, -0.2) is 61.5 Å². The van der Waals surface area contributed by atoms with Crippen molar-refractivity contribution in [1.29, 1.82) is 0 Å². The van der Waals surface area contributed by atoms with Crippen molar-refractivity contribution >= 4 is 27.7 Å². The Morgan fingerprint density at radius 1 is 1.14 bits per heavy atom. The minimum atomic E-state index is -0.167. The monoisotopic (exact) mass is 368 g/mol. The second kappa shape index (κ2) is 8.26. The molecule has 6 nitrogen and oxygen atoms in total. The van der Waals surface area contributed by atoms with Crippen molar-refractivity contribution in [2.75, 3.05) is 39.8 Å². The van der Waals surface area contributed by atoms with Crippen molar-refractivity contribution < 1.29 is 9.59 Å². The molecule has 1 aliphatic rings. The fourth-order valence-electron chi connectivity index (χ4n) is 2.14. The number of likely N-dealkylation sites (N-methyl/N-ethyl adjacent to an activating group) is 1. The summed E-state index contributed by atoms with van der Waals surface area (Å²) in [4.78, 5) is 25.9. The molecule has 0 atom stereocenters. The molecular weight excluding hydrogens is 348 g/mol. The molecule has 2 N–H and O–H groups in total. The molecule has 1 saturated heterocycles. The number of benzene rings is 1. The summed E-state index contributed by atoms with van der Waals surface area (Å²) in [5.74, 6) is -0.236. The third kappa shape index (κ3) is 5.40. The Labute approximate surface area is 138 Å². The number of halogens is 1. The summed E-state index contributed by atoms with van der Waals surface area (Å²) in [6, 6.07) is 7.11. The molecule has 0 aliphatic carbocycles. The SMILES string of the molecule is CN1CCN(NC(=O)CCNC(=O)c2ccc(Br)cc2)CC1. The van der Waals surface area contributed by atoms with E-state index < -0.39 is 0 Å². The zero-order chi connectivity index (χ0) is 15.9. The Hall–Kier alpha value is -1.44. The fraction of sp³-hybridized carbons (Fsp3) is 0.467. The summed E-state index contributed by atoms with van der Waals surface area (Å²) >= 11 is 3.32. The van der Waals surface area contributed by atoms with Gasteiger partial charge in [-0.3, -0.25) is 15.0 Å². The number of hydrogen-bond acceptors (Lipinski definition) is 4. The predicted octanol–water partition coefficient (Wildman–Crippen LogP) is 0.848. The van der Waals surface area contributed by atoms with Crippen LogP contribution >= 0.6 is 15.9 Å². The highest BCUT2D eigenvalue weighted by Gasteiger charge is 2.15. The third-order valence-electron chi connectivity index (χ3n) is 3.53. The molecule has 0 spiro atoms. The molecule has 1 aromatic carbocycles. The zero-order valence-electron chi connectivity index (χ0n) is 12.6. The van der Waals surface area contributed by atoms with E-state index in [9.17, 15) is 9.59 Å². The lowest BCUT2D eigenvalue weighted by Crippen LogP contribution is -2.52. The average Bonchev–Trinajstić information content (AvgIpc) is 2.50. The Morgan fingerprint density at radius 2 is 1.77 bits per heavy atom. The van der Waals surface area contributed by atoms with Crippen LogP contribution in [0.3, 0.4) is 0 Å². The zero-order valence-corrected chi connectivity index (χ0v) is 14.2. The first-order chi connectivity index (χ1) is 10.5. The molecule has 0 saturated carbocycles. The van der Waals surface area contributed by atoms with Gasteiger partial charge in [0.25, 0.3) is 5.91 Å². The van der Waals surface area contributed by atoms with E-state index in [4.69, 9.17) is 0 Å². The van der Waals surface area contributed by atoms with Gasteiger partial charge in [0.1, 0.15) is 0 Å². The van der Waals surface area contributed by atoms with Crippen LogP contribution < -0.4 is 10.7 Å². The minimum Gasteiger partial charge on any atom is -0.352 e. The molecular formula is C15H21BrN4O2. The number of nitrogens with zero attached hydrogens (tertiary/aromatic N) is 2. The highest BCUT2D eigenvalue weighted by Crippen LogP contribution is 2.10. The largest absolute Gasteiger partial charge is 0.352 e. The molecule has 2 amide bonds. The molecule has 22 heavy (non-hydrogen) atoms. The van der Waals surface area contributed by atoms with Gasteiger partial charge < -0.3 is 10.2 Å². The van der Waals surface area contributed by atoms with Crippen LogP contribution in [0.2, 0.25) is 0 Å². The molecule has 1 aliphatic heterocycles. The van der Waals surface area contributed by atoms with E-state index in [2.05, 4.69) is 38.6 Å². The van der Waals surface area contributed by atoms with E-state index in [1.165, 1.54) is 0 Å². The Morgan fingerprint density at radius 3 is 2.41 bits per heavy atom. The first kappa shape index (κ1) is 16.9. The molecule has 1 aromatic rings. The fourth-order valence-corrected chi connectivity index (χ4v) is 2.41. The lowest BCUT2D eigenvalue weighted by Gasteiger charge is -2.32. The van der Waals surface area contributed by atoms with Crippen LogP contribution in [0, 0.1) is 0 Å². The van der Waals surface area contributed by atoms with Gasteiger partial charge in [0.2, 0.25) is 5.91 Å². The molecule has 0 bridgehead atoms. The topological polar surface area (TPSA) is 64.7 Å². The van der Waals surface area contributed by atoms with E-state index in [1.54, 1.807) is 12.1 Å². The van der Waals surface area contributed by atoms with Crippen molar-refractivity contribution in [1.82, 2.24) is 20.7 Å². The molecule has 0 radical (unpaired) electrons. The van der Waals surface area contributed by atoms with E-state index in [0.717, 1.165) is 30.7 Å². The Kier molecular flexibility index (Phi) is 6.35. The maximum atomic E-state index is 11.9. The van der Waals surface area contributed by atoms with Crippen LogP contribution in [0.1, 0.15) is 16.8 Å². The minimum absolute atomic E-state index is 0.0688. The molecule has 0 aromatic heterocycles. The summed E-state index contributed by atoms with van der Waals surface area (Å²) in [5.41, 5.74) is 3.46. The summed E-state index contributed by atoms with van der Waals surface area (Å²) in [5, 5.41) is 4.68. The smallest absolute Gasteiger partial charge is 0.251 e. The molecule has 1 fully saturated rings.